The first-order valence-corrected chi connectivity index (χ1v) is 5.80. The molecule has 0 amide bonds. The summed E-state index contributed by atoms with van der Waals surface area (Å²) in [5.74, 6) is 7.26. The number of hydrazine groups is 1. The Balaban J connectivity index is 2.78. The lowest BCUT2D eigenvalue weighted by Crippen LogP contribution is -2.11. The van der Waals surface area contributed by atoms with Crippen LogP contribution in [0.3, 0.4) is 0 Å². The lowest BCUT2D eigenvalue weighted by molar-refractivity contribution is 0.250. The van der Waals surface area contributed by atoms with Crippen molar-refractivity contribution in [1.29, 1.82) is 0 Å². The van der Waals surface area contributed by atoms with E-state index in [1.54, 1.807) is 7.11 Å². The SMILES string of the molecule is COc1c(NN)ncnc1SCC(C)CO. The fourth-order valence-electron chi connectivity index (χ4n) is 1.02. The number of aromatic nitrogens is 2. The number of methoxy groups -OCH3 is 1. The molecule has 7 heteroatoms. The van der Waals surface area contributed by atoms with Crippen molar-refractivity contribution in [2.75, 3.05) is 24.9 Å². The first-order valence-electron chi connectivity index (χ1n) is 4.82. The average molecular weight is 244 g/mol. The lowest BCUT2D eigenvalue weighted by Gasteiger charge is -2.11. The first-order chi connectivity index (χ1) is 7.72. The maximum absolute atomic E-state index is 8.93. The molecule has 1 unspecified atom stereocenters. The van der Waals surface area contributed by atoms with Crippen LogP contribution in [0.2, 0.25) is 0 Å². The zero-order valence-corrected chi connectivity index (χ0v) is 10.1. The summed E-state index contributed by atoms with van der Waals surface area (Å²) < 4.78 is 5.18. The number of aliphatic hydroxyl groups excluding tert-OH is 1. The third kappa shape index (κ3) is 3.22. The van der Waals surface area contributed by atoms with Crippen molar-refractivity contribution in [3.63, 3.8) is 0 Å². The fraction of sp³-hybridized carbons (Fsp3) is 0.556. The zero-order valence-electron chi connectivity index (χ0n) is 9.30. The number of hydrogen-bond acceptors (Lipinski definition) is 7. The highest BCUT2D eigenvalue weighted by molar-refractivity contribution is 7.99. The van der Waals surface area contributed by atoms with Gasteiger partial charge in [-0.25, -0.2) is 15.8 Å². The van der Waals surface area contributed by atoms with Crippen LogP contribution in [0, 0.1) is 5.92 Å². The lowest BCUT2D eigenvalue weighted by atomic mass is 10.2. The van der Waals surface area contributed by atoms with E-state index in [9.17, 15) is 0 Å². The molecule has 1 rings (SSSR count). The molecule has 1 heterocycles. The molecule has 0 spiro atoms. The van der Waals surface area contributed by atoms with Crippen molar-refractivity contribution in [1.82, 2.24) is 9.97 Å². The van der Waals surface area contributed by atoms with Gasteiger partial charge in [0.2, 0.25) is 0 Å². The summed E-state index contributed by atoms with van der Waals surface area (Å²) in [7, 11) is 1.54. The van der Waals surface area contributed by atoms with E-state index in [1.807, 2.05) is 6.92 Å². The van der Waals surface area contributed by atoms with Gasteiger partial charge in [-0.05, 0) is 5.92 Å². The van der Waals surface area contributed by atoms with Crippen molar-refractivity contribution in [2.45, 2.75) is 11.9 Å². The molecular formula is C9H16N4O2S. The van der Waals surface area contributed by atoms with Gasteiger partial charge in [0.25, 0.3) is 0 Å². The minimum atomic E-state index is 0.155. The summed E-state index contributed by atoms with van der Waals surface area (Å²) in [5, 5.41) is 9.64. The normalized spacial score (nSPS) is 12.2. The topological polar surface area (TPSA) is 93.3 Å². The number of anilines is 1. The molecule has 0 aliphatic carbocycles. The van der Waals surface area contributed by atoms with E-state index < -0.39 is 0 Å². The van der Waals surface area contributed by atoms with Crippen molar-refractivity contribution >= 4 is 17.6 Å². The molecule has 1 aromatic rings. The van der Waals surface area contributed by atoms with E-state index in [2.05, 4.69) is 15.4 Å². The Bertz CT molecular complexity index is 337. The van der Waals surface area contributed by atoms with Crippen LogP contribution in [0.5, 0.6) is 5.75 Å². The third-order valence-electron chi connectivity index (χ3n) is 1.93. The van der Waals surface area contributed by atoms with Gasteiger partial charge in [-0.15, -0.1) is 11.8 Å². The summed E-state index contributed by atoms with van der Waals surface area (Å²) in [6, 6.07) is 0. The van der Waals surface area contributed by atoms with Gasteiger partial charge in [0.15, 0.2) is 11.6 Å². The molecule has 6 nitrogen and oxygen atoms in total. The number of thioether (sulfide) groups is 1. The predicted molar refractivity (Wildman–Crippen MR) is 63.4 cm³/mol. The fourth-order valence-corrected chi connectivity index (χ4v) is 2.00. The van der Waals surface area contributed by atoms with Gasteiger partial charge in [0.1, 0.15) is 11.4 Å². The Labute approximate surface area is 98.6 Å². The highest BCUT2D eigenvalue weighted by Gasteiger charge is 2.12. The predicted octanol–water partition coefficient (Wildman–Crippen LogP) is 0.491. The molecule has 4 N–H and O–H groups in total. The van der Waals surface area contributed by atoms with E-state index in [0.717, 1.165) is 5.75 Å². The van der Waals surface area contributed by atoms with Crippen LogP contribution < -0.4 is 16.0 Å². The maximum atomic E-state index is 8.93. The standard InChI is InChI=1S/C9H16N4O2S/c1-6(3-14)4-16-9-7(15-2)8(13-10)11-5-12-9/h5-6,14H,3-4,10H2,1-2H3,(H,11,12,13). The Morgan fingerprint density at radius 3 is 2.94 bits per heavy atom. The molecule has 0 fully saturated rings. The third-order valence-corrected chi connectivity index (χ3v) is 3.23. The van der Waals surface area contributed by atoms with Gasteiger partial charge in [0.05, 0.1) is 7.11 Å². The number of nitrogens with two attached hydrogens (primary N) is 1. The molecule has 90 valence electrons. The summed E-state index contributed by atoms with van der Waals surface area (Å²) in [6.45, 7) is 2.12. The molecular weight excluding hydrogens is 228 g/mol. The number of hydrogen-bond donors (Lipinski definition) is 3. The number of nitrogens with one attached hydrogen (secondary N) is 1. The minimum Gasteiger partial charge on any atom is -0.490 e. The number of nitrogen functional groups attached to an aromatic ring is 1. The Morgan fingerprint density at radius 1 is 1.62 bits per heavy atom. The number of ether oxygens (including phenoxy) is 1. The van der Waals surface area contributed by atoms with Crippen molar-refractivity contribution in [2.24, 2.45) is 11.8 Å². The summed E-state index contributed by atoms with van der Waals surface area (Å²) in [6.07, 6.45) is 1.42. The molecule has 0 aliphatic rings. The molecule has 0 saturated carbocycles. The number of aliphatic hydroxyl groups is 1. The van der Waals surface area contributed by atoms with Crippen molar-refractivity contribution in [3.05, 3.63) is 6.33 Å². The second-order valence-corrected chi connectivity index (χ2v) is 4.31. The zero-order chi connectivity index (χ0) is 12.0. The monoisotopic (exact) mass is 244 g/mol. The van der Waals surface area contributed by atoms with Crippen LogP contribution in [0.15, 0.2) is 11.4 Å². The van der Waals surface area contributed by atoms with Gasteiger partial charge in [0, 0.05) is 12.4 Å². The van der Waals surface area contributed by atoms with Crippen molar-refractivity contribution < 1.29 is 9.84 Å². The quantitative estimate of drug-likeness (QED) is 0.290. The molecule has 0 aromatic carbocycles. The molecule has 0 bridgehead atoms. The van der Waals surface area contributed by atoms with Crippen LogP contribution in [-0.2, 0) is 0 Å². The Morgan fingerprint density at radius 2 is 2.38 bits per heavy atom. The Kier molecular flexibility index (Phi) is 5.30. The van der Waals surface area contributed by atoms with Gasteiger partial charge >= 0.3 is 0 Å². The molecule has 0 saturated heterocycles. The van der Waals surface area contributed by atoms with Gasteiger partial charge in [-0.2, -0.15) is 0 Å². The average Bonchev–Trinajstić information content (AvgIpc) is 2.34. The molecule has 1 aromatic heterocycles. The Hall–Kier alpha value is -1.05. The van der Waals surface area contributed by atoms with Crippen molar-refractivity contribution in [3.8, 4) is 5.75 Å². The second kappa shape index (κ2) is 6.51. The van der Waals surface area contributed by atoms with Crippen LogP contribution in [-0.4, -0.2) is 34.5 Å². The van der Waals surface area contributed by atoms with E-state index >= 15 is 0 Å². The van der Waals surface area contributed by atoms with Gasteiger partial charge in [-0.3, -0.25) is 0 Å². The van der Waals surface area contributed by atoms with Crippen LogP contribution in [0.25, 0.3) is 0 Å². The first kappa shape index (κ1) is 13.0. The van der Waals surface area contributed by atoms with Gasteiger partial charge in [-0.1, -0.05) is 6.92 Å². The summed E-state index contributed by atoms with van der Waals surface area (Å²) in [4.78, 5) is 8.06. The van der Waals surface area contributed by atoms with E-state index in [1.165, 1.54) is 18.1 Å². The maximum Gasteiger partial charge on any atom is 0.195 e. The van der Waals surface area contributed by atoms with Crippen LogP contribution in [0.1, 0.15) is 6.92 Å². The summed E-state index contributed by atoms with van der Waals surface area (Å²) in [5.41, 5.74) is 2.45. The molecule has 0 radical (unpaired) electrons. The van der Waals surface area contributed by atoms with E-state index in [-0.39, 0.29) is 12.5 Å². The molecule has 16 heavy (non-hydrogen) atoms. The number of nitrogens with zero attached hydrogens (tertiary/aromatic N) is 2. The molecule has 0 aliphatic heterocycles. The highest BCUT2D eigenvalue weighted by atomic mass is 32.2. The second-order valence-electron chi connectivity index (χ2n) is 3.30. The number of rotatable bonds is 6. The molecule has 1 atom stereocenters. The van der Waals surface area contributed by atoms with Crippen LogP contribution in [0.4, 0.5) is 5.82 Å². The minimum absolute atomic E-state index is 0.155. The van der Waals surface area contributed by atoms with Crippen LogP contribution >= 0.6 is 11.8 Å². The largest absolute Gasteiger partial charge is 0.490 e. The summed E-state index contributed by atoms with van der Waals surface area (Å²) >= 11 is 1.50. The smallest absolute Gasteiger partial charge is 0.195 e. The van der Waals surface area contributed by atoms with E-state index in [0.29, 0.717) is 16.6 Å². The van der Waals surface area contributed by atoms with E-state index in [4.69, 9.17) is 15.7 Å². The highest BCUT2D eigenvalue weighted by Crippen LogP contribution is 2.32. The van der Waals surface area contributed by atoms with Gasteiger partial charge < -0.3 is 15.3 Å².